The highest BCUT2D eigenvalue weighted by atomic mass is 16.5. The summed E-state index contributed by atoms with van der Waals surface area (Å²) in [6, 6.07) is 15.1. The molecule has 0 unspecified atom stereocenters. The maximum atomic E-state index is 13.2. The molecule has 0 bridgehead atoms. The highest BCUT2D eigenvalue weighted by Crippen LogP contribution is 2.13. The molecule has 32 heavy (non-hydrogen) atoms. The lowest BCUT2D eigenvalue weighted by molar-refractivity contribution is -0.140. The van der Waals surface area contributed by atoms with Crippen molar-refractivity contribution in [2.45, 2.75) is 33.0 Å². The lowest BCUT2D eigenvalue weighted by atomic mass is 10.1. The van der Waals surface area contributed by atoms with Gasteiger partial charge < -0.3 is 14.8 Å². The third kappa shape index (κ3) is 5.63. The summed E-state index contributed by atoms with van der Waals surface area (Å²) in [7, 11) is 2.85. The van der Waals surface area contributed by atoms with Gasteiger partial charge in [-0.1, -0.05) is 42.0 Å². The Morgan fingerprint density at radius 1 is 0.969 bits per heavy atom. The van der Waals surface area contributed by atoms with Gasteiger partial charge in [0, 0.05) is 13.1 Å². The maximum absolute atomic E-state index is 13.2. The molecule has 0 fully saturated rings. The Labute approximate surface area is 185 Å². The van der Waals surface area contributed by atoms with Crippen molar-refractivity contribution in [1.29, 1.82) is 0 Å². The van der Waals surface area contributed by atoms with Crippen LogP contribution in [0.2, 0.25) is 0 Å². The van der Waals surface area contributed by atoms with Crippen molar-refractivity contribution in [1.82, 2.24) is 14.1 Å². The van der Waals surface area contributed by atoms with Crippen LogP contribution in [0.1, 0.15) is 23.1 Å². The number of carbonyl (C=O) groups excluding carboxylic acids is 1. The summed E-state index contributed by atoms with van der Waals surface area (Å²) in [5.41, 5.74) is 1.63. The van der Waals surface area contributed by atoms with Crippen LogP contribution in [-0.4, -0.2) is 34.3 Å². The van der Waals surface area contributed by atoms with Crippen LogP contribution in [0.15, 0.2) is 58.1 Å². The topological polar surface area (TPSA) is 104 Å². The summed E-state index contributed by atoms with van der Waals surface area (Å²) >= 11 is 0. The number of aromatic nitrogens is 3. The molecule has 0 aliphatic carbocycles. The number of hydrogen-bond donors (Lipinski definition) is 1. The second-order valence-electron chi connectivity index (χ2n) is 7.25. The Morgan fingerprint density at radius 3 is 2.25 bits per heavy atom. The Morgan fingerprint density at radius 2 is 1.62 bits per heavy atom. The summed E-state index contributed by atoms with van der Waals surface area (Å²) < 4.78 is 12.1. The lowest BCUT2D eigenvalue weighted by Gasteiger charge is -2.16. The summed E-state index contributed by atoms with van der Waals surface area (Å²) in [4.78, 5) is 41.3. The van der Waals surface area contributed by atoms with Crippen molar-refractivity contribution < 1.29 is 14.3 Å². The van der Waals surface area contributed by atoms with Crippen LogP contribution in [0.3, 0.4) is 0 Å². The van der Waals surface area contributed by atoms with Crippen molar-refractivity contribution in [2.24, 2.45) is 0 Å². The molecule has 0 atom stereocenters. The number of benzene rings is 2. The molecule has 9 heteroatoms. The number of carbonyl (C=O) groups is 1. The standard InChI is InChI=1S/C23H26N4O5/c1-16-4-6-18(7-5-16)15-27-21(24-14-17-8-10-19(31-2)11-9-17)25-22(29)26(23(27)30)13-12-20(28)32-3/h4-11H,12-15H2,1-3H3,(H,24,25,29). The van der Waals surface area contributed by atoms with Crippen LogP contribution in [-0.2, 0) is 29.2 Å². The van der Waals surface area contributed by atoms with Crippen LogP contribution in [0.4, 0.5) is 5.95 Å². The third-order valence-electron chi connectivity index (χ3n) is 4.99. The third-order valence-corrected chi connectivity index (χ3v) is 4.99. The molecule has 0 spiro atoms. The van der Waals surface area contributed by atoms with Gasteiger partial charge in [0.15, 0.2) is 0 Å². The number of esters is 1. The number of rotatable bonds is 9. The van der Waals surface area contributed by atoms with Gasteiger partial charge in [-0.15, -0.1) is 0 Å². The zero-order valence-electron chi connectivity index (χ0n) is 18.3. The minimum absolute atomic E-state index is 0.101. The number of ether oxygens (including phenoxy) is 2. The van der Waals surface area contributed by atoms with Crippen molar-refractivity contribution in [2.75, 3.05) is 19.5 Å². The number of hydrogen-bond acceptors (Lipinski definition) is 7. The highest BCUT2D eigenvalue weighted by Gasteiger charge is 2.15. The molecule has 168 valence electrons. The van der Waals surface area contributed by atoms with Gasteiger partial charge in [-0.2, -0.15) is 4.98 Å². The first-order valence-corrected chi connectivity index (χ1v) is 10.1. The van der Waals surface area contributed by atoms with E-state index in [9.17, 15) is 14.4 Å². The molecule has 0 saturated carbocycles. The van der Waals surface area contributed by atoms with Crippen LogP contribution in [0, 0.1) is 6.92 Å². The minimum Gasteiger partial charge on any atom is -0.497 e. The van der Waals surface area contributed by atoms with Crippen LogP contribution in [0.5, 0.6) is 5.75 Å². The van der Waals surface area contributed by atoms with Gasteiger partial charge in [0.05, 0.1) is 27.2 Å². The van der Waals surface area contributed by atoms with Crippen molar-refractivity contribution >= 4 is 11.9 Å². The molecule has 0 aliphatic rings. The fourth-order valence-electron chi connectivity index (χ4n) is 3.10. The SMILES string of the molecule is COC(=O)CCn1c(=O)nc(NCc2ccc(OC)cc2)n(Cc2ccc(C)cc2)c1=O. The predicted molar refractivity (Wildman–Crippen MR) is 120 cm³/mol. The average Bonchev–Trinajstić information content (AvgIpc) is 2.81. The molecule has 3 rings (SSSR count). The van der Waals surface area contributed by atoms with Gasteiger partial charge in [-0.05, 0) is 30.2 Å². The number of nitrogens with zero attached hydrogens (tertiary/aromatic N) is 3. The number of aryl methyl sites for hydroxylation is 1. The van der Waals surface area contributed by atoms with Gasteiger partial charge in [0.2, 0.25) is 5.95 Å². The minimum atomic E-state index is -0.726. The van der Waals surface area contributed by atoms with Gasteiger partial charge in [0.25, 0.3) is 0 Å². The second-order valence-corrected chi connectivity index (χ2v) is 7.25. The summed E-state index contributed by atoms with van der Waals surface area (Å²) in [6.07, 6.45) is -0.101. The molecule has 0 amide bonds. The maximum Gasteiger partial charge on any atom is 0.354 e. The first-order valence-electron chi connectivity index (χ1n) is 10.1. The van der Waals surface area contributed by atoms with E-state index in [0.29, 0.717) is 6.54 Å². The average molecular weight is 438 g/mol. The normalized spacial score (nSPS) is 10.6. The number of methoxy groups -OCH3 is 2. The Bertz CT molecular complexity index is 1180. The first-order chi connectivity index (χ1) is 15.4. The first kappa shape index (κ1) is 22.8. The van der Waals surface area contributed by atoms with E-state index in [1.165, 1.54) is 11.7 Å². The van der Waals surface area contributed by atoms with Gasteiger partial charge in [-0.3, -0.25) is 9.36 Å². The zero-order chi connectivity index (χ0) is 23.1. The van der Waals surface area contributed by atoms with Crippen molar-refractivity contribution in [3.8, 4) is 5.75 Å². The number of nitrogens with one attached hydrogen (secondary N) is 1. The van der Waals surface area contributed by atoms with Crippen molar-refractivity contribution in [3.63, 3.8) is 0 Å². The summed E-state index contributed by atoms with van der Waals surface area (Å²) in [6.45, 7) is 2.45. The van der Waals surface area contributed by atoms with Crippen LogP contribution >= 0.6 is 0 Å². The lowest BCUT2D eigenvalue weighted by Crippen LogP contribution is -2.43. The highest BCUT2D eigenvalue weighted by molar-refractivity contribution is 5.68. The van der Waals surface area contributed by atoms with Crippen LogP contribution < -0.4 is 21.4 Å². The van der Waals surface area contributed by atoms with Crippen molar-refractivity contribution in [3.05, 3.63) is 86.2 Å². The Hall–Kier alpha value is -3.88. The molecule has 3 aromatic rings. The zero-order valence-corrected chi connectivity index (χ0v) is 18.3. The summed E-state index contributed by atoms with van der Waals surface area (Å²) in [5.74, 6) is 0.380. The molecule has 1 N–H and O–H groups in total. The van der Waals surface area contributed by atoms with E-state index in [1.54, 1.807) is 7.11 Å². The molecule has 1 aromatic heterocycles. The van der Waals surface area contributed by atoms with E-state index in [0.717, 1.165) is 27.0 Å². The van der Waals surface area contributed by atoms with Crippen LogP contribution in [0.25, 0.3) is 0 Å². The van der Waals surface area contributed by atoms with Gasteiger partial charge in [0.1, 0.15) is 5.75 Å². The fraction of sp³-hybridized carbons (Fsp3) is 0.304. The molecule has 1 heterocycles. The number of anilines is 1. The quantitative estimate of drug-likeness (QED) is 0.509. The molecule has 9 nitrogen and oxygen atoms in total. The molecule has 0 radical (unpaired) electrons. The van der Waals surface area contributed by atoms with E-state index in [1.807, 2.05) is 55.5 Å². The fourth-order valence-corrected chi connectivity index (χ4v) is 3.10. The molecular weight excluding hydrogens is 412 g/mol. The predicted octanol–water partition coefficient (Wildman–Crippen LogP) is 1.95. The molecule has 0 saturated heterocycles. The van der Waals surface area contributed by atoms with Gasteiger partial charge in [-0.25, -0.2) is 14.2 Å². The molecular formula is C23H26N4O5. The molecule has 2 aromatic carbocycles. The van der Waals surface area contributed by atoms with E-state index in [4.69, 9.17) is 4.74 Å². The largest absolute Gasteiger partial charge is 0.497 e. The molecule has 0 aliphatic heterocycles. The Kier molecular flexibility index (Phi) is 7.43. The van der Waals surface area contributed by atoms with E-state index >= 15 is 0 Å². The Balaban J connectivity index is 1.93. The monoisotopic (exact) mass is 438 g/mol. The van der Waals surface area contributed by atoms with E-state index in [2.05, 4.69) is 15.0 Å². The van der Waals surface area contributed by atoms with Gasteiger partial charge >= 0.3 is 17.3 Å². The van der Waals surface area contributed by atoms with E-state index < -0.39 is 17.3 Å². The summed E-state index contributed by atoms with van der Waals surface area (Å²) in [5, 5.41) is 3.09. The van der Waals surface area contributed by atoms with E-state index in [-0.39, 0.29) is 25.5 Å². The smallest absolute Gasteiger partial charge is 0.354 e. The second kappa shape index (κ2) is 10.4.